The van der Waals surface area contributed by atoms with Crippen LogP contribution in [0.5, 0.6) is 0 Å². The lowest BCUT2D eigenvalue weighted by atomic mass is 9.89. The molecule has 1 fully saturated rings. The second-order valence-corrected chi connectivity index (χ2v) is 4.70. The molecule has 0 bridgehead atoms. The van der Waals surface area contributed by atoms with Crippen molar-refractivity contribution < 1.29 is 5.11 Å². The molecule has 1 rings (SSSR count). The molecule has 0 heterocycles. The molecule has 1 aliphatic rings. The summed E-state index contributed by atoms with van der Waals surface area (Å²) in [6, 6.07) is 0. The monoisotopic (exact) mass is 170 g/mol. The summed E-state index contributed by atoms with van der Waals surface area (Å²) in [5.41, 5.74) is 0. The maximum Gasteiger partial charge on any atom is 0.0565 e. The average molecular weight is 170 g/mol. The molecular weight excluding hydrogens is 148 g/mol. The van der Waals surface area contributed by atoms with E-state index in [0.29, 0.717) is 5.92 Å². The topological polar surface area (TPSA) is 20.2 Å². The van der Waals surface area contributed by atoms with Gasteiger partial charge < -0.3 is 5.11 Å². The van der Waals surface area contributed by atoms with Crippen molar-refractivity contribution in [2.24, 2.45) is 17.8 Å². The molecule has 1 heteroatoms. The first-order valence-electron chi connectivity index (χ1n) is 5.29. The molecule has 0 amide bonds. The van der Waals surface area contributed by atoms with Gasteiger partial charge in [0, 0.05) is 0 Å². The predicted octanol–water partition coefficient (Wildman–Crippen LogP) is 2.83. The number of hydrogen-bond donors (Lipinski definition) is 1. The van der Waals surface area contributed by atoms with Crippen LogP contribution < -0.4 is 0 Å². The molecule has 0 aromatic carbocycles. The largest absolute Gasteiger partial charge is 0.393 e. The van der Waals surface area contributed by atoms with Crippen molar-refractivity contribution in [2.75, 3.05) is 0 Å². The van der Waals surface area contributed by atoms with Crippen LogP contribution in [-0.2, 0) is 0 Å². The first-order valence-corrected chi connectivity index (χ1v) is 5.29. The second kappa shape index (κ2) is 4.27. The smallest absolute Gasteiger partial charge is 0.0565 e. The molecule has 72 valence electrons. The van der Waals surface area contributed by atoms with E-state index in [1.807, 2.05) is 0 Å². The van der Waals surface area contributed by atoms with Gasteiger partial charge in [-0.2, -0.15) is 0 Å². The normalized spacial score (nSPS) is 38.2. The van der Waals surface area contributed by atoms with Gasteiger partial charge >= 0.3 is 0 Å². The fourth-order valence-electron chi connectivity index (χ4n) is 2.15. The van der Waals surface area contributed by atoms with Gasteiger partial charge in [0.2, 0.25) is 0 Å². The SMILES string of the molecule is CC(C)[C@@H]1CC[C@H](C)[C@@H](O)CC1. The molecule has 1 saturated carbocycles. The van der Waals surface area contributed by atoms with Crippen LogP contribution in [0.25, 0.3) is 0 Å². The van der Waals surface area contributed by atoms with Gasteiger partial charge in [0.15, 0.2) is 0 Å². The minimum Gasteiger partial charge on any atom is -0.393 e. The van der Waals surface area contributed by atoms with E-state index in [0.717, 1.165) is 18.3 Å². The highest BCUT2D eigenvalue weighted by Gasteiger charge is 2.23. The number of hydrogen-bond acceptors (Lipinski definition) is 1. The third-order valence-electron chi connectivity index (χ3n) is 3.43. The standard InChI is InChI=1S/C11H22O/c1-8(2)10-5-4-9(3)11(12)7-6-10/h8-12H,4-7H2,1-3H3/t9-,10+,11-/m0/s1. The van der Waals surface area contributed by atoms with E-state index in [-0.39, 0.29) is 6.10 Å². The van der Waals surface area contributed by atoms with E-state index in [2.05, 4.69) is 20.8 Å². The molecule has 1 aliphatic carbocycles. The van der Waals surface area contributed by atoms with Gasteiger partial charge in [-0.25, -0.2) is 0 Å². The summed E-state index contributed by atoms with van der Waals surface area (Å²) in [7, 11) is 0. The highest BCUT2D eigenvalue weighted by Crippen LogP contribution is 2.31. The zero-order valence-corrected chi connectivity index (χ0v) is 8.59. The molecule has 0 aromatic heterocycles. The van der Waals surface area contributed by atoms with E-state index in [1.165, 1.54) is 19.3 Å². The van der Waals surface area contributed by atoms with E-state index in [4.69, 9.17) is 0 Å². The summed E-state index contributed by atoms with van der Waals surface area (Å²) < 4.78 is 0. The van der Waals surface area contributed by atoms with Crippen molar-refractivity contribution in [1.82, 2.24) is 0 Å². The van der Waals surface area contributed by atoms with Gasteiger partial charge in [0.1, 0.15) is 0 Å². The zero-order valence-electron chi connectivity index (χ0n) is 8.59. The minimum atomic E-state index is -0.0336. The Labute approximate surface area is 76.2 Å². The molecule has 1 nitrogen and oxygen atoms in total. The molecule has 0 aromatic rings. The highest BCUT2D eigenvalue weighted by molar-refractivity contribution is 4.75. The number of aliphatic hydroxyl groups excluding tert-OH is 1. The quantitative estimate of drug-likeness (QED) is 0.600. The van der Waals surface area contributed by atoms with Crippen LogP contribution in [-0.4, -0.2) is 11.2 Å². The Morgan fingerprint density at radius 2 is 1.67 bits per heavy atom. The van der Waals surface area contributed by atoms with Crippen molar-refractivity contribution in [3.05, 3.63) is 0 Å². The van der Waals surface area contributed by atoms with Crippen LogP contribution in [0.2, 0.25) is 0 Å². The summed E-state index contributed by atoms with van der Waals surface area (Å²) in [6.45, 7) is 6.77. The van der Waals surface area contributed by atoms with Crippen LogP contribution in [0.4, 0.5) is 0 Å². The maximum absolute atomic E-state index is 9.66. The summed E-state index contributed by atoms with van der Waals surface area (Å²) >= 11 is 0. The Kier molecular flexibility index (Phi) is 3.57. The van der Waals surface area contributed by atoms with Crippen molar-refractivity contribution >= 4 is 0 Å². The lowest BCUT2D eigenvalue weighted by Gasteiger charge is -2.17. The predicted molar refractivity (Wildman–Crippen MR) is 52.0 cm³/mol. The number of rotatable bonds is 1. The van der Waals surface area contributed by atoms with Gasteiger partial charge in [0.25, 0.3) is 0 Å². The molecule has 1 N–H and O–H groups in total. The molecule has 12 heavy (non-hydrogen) atoms. The lowest BCUT2D eigenvalue weighted by molar-refractivity contribution is 0.109. The van der Waals surface area contributed by atoms with E-state index in [9.17, 15) is 5.11 Å². The van der Waals surface area contributed by atoms with Gasteiger partial charge in [-0.15, -0.1) is 0 Å². The first-order chi connectivity index (χ1) is 5.61. The third-order valence-corrected chi connectivity index (χ3v) is 3.43. The minimum absolute atomic E-state index is 0.0336. The van der Waals surface area contributed by atoms with Crippen LogP contribution in [0.15, 0.2) is 0 Å². The van der Waals surface area contributed by atoms with Crippen LogP contribution in [0.1, 0.15) is 46.5 Å². The van der Waals surface area contributed by atoms with Crippen LogP contribution in [0.3, 0.4) is 0 Å². The van der Waals surface area contributed by atoms with Gasteiger partial charge in [-0.3, -0.25) is 0 Å². The molecule has 0 aliphatic heterocycles. The Hall–Kier alpha value is -0.0400. The number of aliphatic hydroxyl groups is 1. The zero-order chi connectivity index (χ0) is 9.14. The Morgan fingerprint density at radius 3 is 2.25 bits per heavy atom. The Morgan fingerprint density at radius 1 is 1.08 bits per heavy atom. The fraction of sp³-hybridized carbons (Fsp3) is 1.00. The lowest BCUT2D eigenvalue weighted by Crippen LogP contribution is -2.14. The molecular formula is C11H22O. The molecule has 0 radical (unpaired) electrons. The summed E-state index contributed by atoms with van der Waals surface area (Å²) in [4.78, 5) is 0. The molecule has 0 spiro atoms. The first kappa shape index (κ1) is 10.0. The summed E-state index contributed by atoms with van der Waals surface area (Å²) in [6.07, 6.45) is 4.74. The Bertz CT molecular complexity index is 119. The summed E-state index contributed by atoms with van der Waals surface area (Å²) in [5.74, 6) is 2.17. The molecule has 0 unspecified atom stereocenters. The van der Waals surface area contributed by atoms with Gasteiger partial charge in [0.05, 0.1) is 6.10 Å². The third kappa shape index (κ3) is 2.48. The maximum atomic E-state index is 9.66. The second-order valence-electron chi connectivity index (χ2n) is 4.70. The van der Waals surface area contributed by atoms with E-state index >= 15 is 0 Å². The van der Waals surface area contributed by atoms with E-state index < -0.39 is 0 Å². The Balaban J connectivity index is 2.44. The van der Waals surface area contributed by atoms with Crippen LogP contribution >= 0.6 is 0 Å². The van der Waals surface area contributed by atoms with Crippen molar-refractivity contribution in [3.63, 3.8) is 0 Å². The average Bonchev–Trinajstić information content (AvgIpc) is 2.16. The van der Waals surface area contributed by atoms with E-state index in [1.54, 1.807) is 0 Å². The van der Waals surface area contributed by atoms with Gasteiger partial charge in [-0.1, -0.05) is 20.8 Å². The molecule has 3 atom stereocenters. The molecule has 0 saturated heterocycles. The van der Waals surface area contributed by atoms with Crippen molar-refractivity contribution in [1.29, 1.82) is 0 Å². The highest BCUT2D eigenvalue weighted by atomic mass is 16.3. The fourth-order valence-corrected chi connectivity index (χ4v) is 2.15. The summed E-state index contributed by atoms with van der Waals surface area (Å²) in [5, 5.41) is 9.66. The van der Waals surface area contributed by atoms with Crippen molar-refractivity contribution in [3.8, 4) is 0 Å². The van der Waals surface area contributed by atoms with Crippen molar-refractivity contribution in [2.45, 2.75) is 52.6 Å². The van der Waals surface area contributed by atoms with Gasteiger partial charge in [-0.05, 0) is 43.4 Å². The van der Waals surface area contributed by atoms with Crippen LogP contribution in [0, 0.1) is 17.8 Å².